The number of benzene rings is 2. The molecule has 0 unspecified atom stereocenters. The summed E-state index contributed by atoms with van der Waals surface area (Å²) in [6, 6.07) is 15.2. The van der Waals surface area contributed by atoms with Crippen LogP contribution in [0.4, 0.5) is 5.69 Å². The second kappa shape index (κ2) is 12.0. The Labute approximate surface area is 202 Å². The number of aromatic nitrogens is 3. The third kappa shape index (κ3) is 6.67. The van der Waals surface area contributed by atoms with Crippen LogP contribution in [0.5, 0.6) is 0 Å². The van der Waals surface area contributed by atoms with Crippen molar-refractivity contribution in [3.05, 3.63) is 71.5 Å². The molecule has 9 nitrogen and oxygen atoms in total. The monoisotopic (exact) mass is 481 g/mol. The number of esters is 1. The fourth-order valence-electron chi connectivity index (χ4n) is 3.09. The van der Waals surface area contributed by atoms with Gasteiger partial charge < -0.3 is 19.9 Å². The zero-order valence-electron chi connectivity index (χ0n) is 19.3. The van der Waals surface area contributed by atoms with E-state index in [4.69, 9.17) is 4.74 Å². The first-order valence-corrected chi connectivity index (χ1v) is 11.8. The lowest BCUT2D eigenvalue weighted by Gasteiger charge is -2.13. The maximum atomic E-state index is 12.4. The van der Waals surface area contributed by atoms with E-state index in [2.05, 4.69) is 20.8 Å². The molecule has 10 heteroatoms. The number of ether oxygens (including phenoxy) is 1. The highest BCUT2D eigenvalue weighted by Gasteiger charge is 2.19. The quantitative estimate of drug-likeness (QED) is 0.336. The number of carbonyl (C=O) groups excluding carboxylic acids is 3. The van der Waals surface area contributed by atoms with Gasteiger partial charge in [-0.3, -0.25) is 9.59 Å². The standard InChI is InChI=1S/C24H27N5O4S/c1-4-13-33-23(32)18-11-8-12-19(14-18)26-20(30)15-34-24-28-27-21(29(24)3)16(2)25-22(31)17-9-6-5-7-10-17/h5-12,14,16H,4,13,15H2,1-3H3,(H,25,31)(H,26,30)/t16-/m0/s1. The Bertz CT molecular complexity index is 1150. The van der Waals surface area contributed by atoms with Crippen LogP contribution in [-0.2, 0) is 16.6 Å². The van der Waals surface area contributed by atoms with Gasteiger partial charge in [0.2, 0.25) is 5.91 Å². The lowest BCUT2D eigenvalue weighted by atomic mass is 10.2. The zero-order chi connectivity index (χ0) is 24.5. The predicted molar refractivity (Wildman–Crippen MR) is 130 cm³/mol. The van der Waals surface area contributed by atoms with Gasteiger partial charge in [0, 0.05) is 18.3 Å². The summed E-state index contributed by atoms with van der Waals surface area (Å²) in [4.78, 5) is 36.8. The molecule has 2 amide bonds. The van der Waals surface area contributed by atoms with Gasteiger partial charge in [-0.15, -0.1) is 10.2 Å². The largest absolute Gasteiger partial charge is 0.462 e. The smallest absolute Gasteiger partial charge is 0.338 e. The number of anilines is 1. The molecule has 34 heavy (non-hydrogen) atoms. The molecule has 3 aromatic rings. The van der Waals surface area contributed by atoms with Crippen molar-refractivity contribution in [2.45, 2.75) is 31.5 Å². The molecule has 0 saturated heterocycles. The van der Waals surface area contributed by atoms with E-state index >= 15 is 0 Å². The van der Waals surface area contributed by atoms with Gasteiger partial charge in [0.1, 0.15) is 0 Å². The Morgan fingerprint density at radius 3 is 2.53 bits per heavy atom. The summed E-state index contributed by atoms with van der Waals surface area (Å²) in [6.07, 6.45) is 0.737. The van der Waals surface area contributed by atoms with Crippen LogP contribution in [0, 0.1) is 0 Å². The second-order valence-electron chi connectivity index (χ2n) is 7.51. The Balaban J connectivity index is 1.55. The molecular weight excluding hydrogens is 454 g/mol. The van der Waals surface area contributed by atoms with Crippen molar-refractivity contribution in [1.29, 1.82) is 0 Å². The minimum atomic E-state index is -0.424. The van der Waals surface area contributed by atoms with Crippen LogP contribution in [-0.4, -0.2) is 44.9 Å². The third-order valence-electron chi connectivity index (χ3n) is 4.79. The Morgan fingerprint density at radius 1 is 1.06 bits per heavy atom. The van der Waals surface area contributed by atoms with Crippen molar-refractivity contribution in [2.75, 3.05) is 17.7 Å². The lowest BCUT2D eigenvalue weighted by molar-refractivity contribution is -0.113. The summed E-state index contributed by atoms with van der Waals surface area (Å²) >= 11 is 1.22. The maximum Gasteiger partial charge on any atom is 0.338 e. The highest BCUT2D eigenvalue weighted by molar-refractivity contribution is 7.99. The molecule has 0 saturated carbocycles. The molecule has 1 heterocycles. The molecule has 0 aliphatic rings. The molecule has 0 aliphatic carbocycles. The molecule has 178 valence electrons. The SMILES string of the molecule is CCCOC(=O)c1cccc(NC(=O)CSc2nnc([C@H](C)NC(=O)c3ccccc3)n2C)c1. The summed E-state index contributed by atoms with van der Waals surface area (Å²) in [5.41, 5.74) is 1.45. The highest BCUT2D eigenvalue weighted by atomic mass is 32.2. The Morgan fingerprint density at radius 2 is 1.79 bits per heavy atom. The summed E-state index contributed by atoms with van der Waals surface area (Å²) < 4.78 is 6.87. The number of rotatable bonds is 10. The van der Waals surface area contributed by atoms with Gasteiger partial charge in [-0.1, -0.05) is 43.0 Å². The number of hydrogen-bond donors (Lipinski definition) is 2. The lowest BCUT2D eigenvalue weighted by Crippen LogP contribution is -2.28. The second-order valence-corrected chi connectivity index (χ2v) is 8.46. The van der Waals surface area contributed by atoms with Crippen molar-refractivity contribution in [1.82, 2.24) is 20.1 Å². The molecule has 2 aromatic carbocycles. The molecule has 1 atom stereocenters. The molecule has 0 bridgehead atoms. The number of carbonyl (C=O) groups is 3. The van der Waals surface area contributed by atoms with Gasteiger partial charge in [-0.05, 0) is 43.7 Å². The van der Waals surface area contributed by atoms with Crippen LogP contribution >= 0.6 is 11.8 Å². The van der Waals surface area contributed by atoms with Crippen LogP contribution < -0.4 is 10.6 Å². The van der Waals surface area contributed by atoms with E-state index in [1.54, 1.807) is 60.1 Å². The van der Waals surface area contributed by atoms with Crippen LogP contribution in [0.1, 0.15) is 52.9 Å². The summed E-state index contributed by atoms with van der Waals surface area (Å²) in [7, 11) is 1.78. The van der Waals surface area contributed by atoms with Crippen molar-refractivity contribution < 1.29 is 19.1 Å². The molecule has 0 spiro atoms. The Hall–Kier alpha value is -3.66. The number of thioether (sulfide) groups is 1. The topological polar surface area (TPSA) is 115 Å². The number of hydrogen-bond acceptors (Lipinski definition) is 7. The number of amides is 2. The average Bonchev–Trinajstić information content (AvgIpc) is 3.22. The van der Waals surface area contributed by atoms with E-state index < -0.39 is 5.97 Å². The van der Waals surface area contributed by atoms with E-state index in [1.165, 1.54) is 11.8 Å². The van der Waals surface area contributed by atoms with Crippen LogP contribution in [0.2, 0.25) is 0 Å². The van der Waals surface area contributed by atoms with Crippen LogP contribution in [0.3, 0.4) is 0 Å². The van der Waals surface area contributed by atoms with Gasteiger partial charge in [-0.25, -0.2) is 4.79 Å². The molecule has 3 rings (SSSR count). The zero-order valence-corrected chi connectivity index (χ0v) is 20.1. The minimum absolute atomic E-state index is 0.0984. The first-order valence-electron chi connectivity index (χ1n) is 10.8. The van der Waals surface area contributed by atoms with Crippen LogP contribution in [0.15, 0.2) is 59.8 Å². The van der Waals surface area contributed by atoms with Crippen molar-refractivity contribution in [3.8, 4) is 0 Å². The van der Waals surface area contributed by atoms with Gasteiger partial charge in [0.05, 0.1) is 24.0 Å². The summed E-state index contributed by atoms with van der Waals surface area (Å²) in [6.45, 7) is 4.09. The molecule has 0 fully saturated rings. The fourth-order valence-corrected chi connectivity index (χ4v) is 3.81. The van der Waals surface area contributed by atoms with Gasteiger partial charge >= 0.3 is 5.97 Å². The fraction of sp³-hybridized carbons (Fsp3) is 0.292. The van der Waals surface area contributed by atoms with Crippen LogP contribution in [0.25, 0.3) is 0 Å². The summed E-state index contributed by atoms with van der Waals surface area (Å²) in [5, 5.41) is 14.5. The van der Waals surface area contributed by atoms with E-state index in [0.29, 0.717) is 34.4 Å². The van der Waals surface area contributed by atoms with Crippen molar-refractivity contribution in [2.24, 2.45) is 7.05 Å². The Kier molecular flexibility index (Phi) is 8.80. The highest BCUT2D eigenvalue weighted by Crippen LogP contribution is 2.20. The van der Waals surface area contributed by atoms with Gasteiger partial charge in [-0.2, -0.15) is 0 Å². The normalized spacial score (nSPS) is 11.5. The molecule has 0 aliphatic heterocycles. The van der Waals surface area contributed by atoms with E-state index in [-0.39, 0.29) is 23.6 Å². The molecule has 2 N–H and O–H groups in total. The molecule has 0 radical (unpaired) electrons. The first kappa shape index (κ1) is 25.0. The average molecular weight is 482 g/mol. The predicted octanol–water partition coefficient (Wildman–Crippen LogP) is 3.60. The van der Waals surface area contributed by atoms with Gasteiger partial charge in [0.15, 0.2) is 11.0 Å². The van der Waals surface area contributed by atoms with Crippen molar-refractivity contribution in [3.63, 3.8) is 0 Å². The first-order chi connectivity index (χ1) is 16.4. The minimum Gasteiger partial charge on any atom is -0.462 e. The molecular formula is C24H27N5O4S. The maximum absolute atomic E-state index is 12.4. The number of nitrogens with zero attached hydrogens (tertiary/aromatic N) is 3. The number of nitrogens with one attached hydrogen (secondary N) is 2. The molecule has 1 aromatic heterocycles. The summed E-state index contributed by atoms with van der Waals surface area (Å²) in [5.74, 6) is -0.205. The van der Waals surface area contributed by atoms with Crippen molar-refractivity contribution >= 4 is 35.2 Å². The van der Waals surface area contributed by atoms with Gasteiger partial charge in [0.25, 0.3) is 5.91 Å². The third-order valence-corrected chi connectivity index (χ3v) is 5.81. The van der Waals surface area contributed by atoms with E-state index in [0.717, 1.165) is 6.42 Å². The van der Waals surface area contributed by atoms with E-state index in [9.17, 15) is 14.4 Å². The van der Waals surface area contributed by atoms with E-state index in [1.807, 2.05) is 19.9 Å².